The first-order chi connectivity index (χ1) is 19.7. The Bertz CT molecular complexity index is 1630. The molecule has 4 aromatic carbocycles. The molecule has 212 valence electrons. The largest absolute Gasteiger partial charge is 0.495 e. The summed E-state index contributed by atoms with van der Waals surface area (Å²) in [4.78, 5) is 12.9. The molecule has 0 radical (unpaired) electrons. The van der Waals surface area contributed by atoms with Crippen molar-refractivity contribution < 1.29 is 22.7 Å². The van der Waals surface area contributed by atoms with Crippen molar-refractivity contribution >= 4 is 51.0 Å². The predicted octanol–water partition coefficient (Wildman–Crippen LogP) is 6.24. The average Bonchev–Trinajstić information content (AvgIpc) is 2.96. The number of anilines is 1. The minimum Gasteiger partial charge on any atom is -0.495 e. The molecule has 4 aromatic rings. The van der Waals surface area contributed by atoms with Crippen LogP contribution < -0.4 is 19.2 Å². The van der Waals surface area contributed by atoms with Gasteiger partial charge in [-0.15, -0.1) is 0 Å². The van der Waals surface area contributed by atoms with Crippen LogP contribution in [0.1, 0.15) is 16.7 Å². The monoisotopic (exact) mass is 611 g/mol. The quantitative estimate of drug-likeness (QED) is 0.160. The Morgan fingerprint density at radius 2 is 1.63 bits per heavy atom. The van der Waals surface area contributed by atoms with E-state index < -0.39 is 22.5 Å². The number of methoxy groups -OCH3 is 1. The van der Waals surface area contributed by atoms with Gasteiger partial charge in [0.2, 0.25) is 0 Å². The summed E-state index contributed by atoms with van der Waals surface area (Å²) >= 11 is 12.2. The summed E-state index contributed by atoms with van der Waals surface area (Å²) in [6.07, 6.45) is 1.45. The molecule has 0 saturated heterocycles. The summed E-state index contributed by atoms with van der Waals surface area (Å²) in [6, 6.07) is 25.3. The molecule has 0 aromatic heterocycles. The third kappa shape index (κ3) is 8.00. The molecule has 0 unspecified atom stereocenters. The van der Waals surface area contributed by atoms with E-state index in [-0.39, 0.29) is 15.6 Å². The Kier molecular flexibility index (Phi) is 9.88. The van der Waals surface area contributed by atoms with E-state index in [0.29, 0.717) is 28.7 Å². The van der Waals surface area contributed by atoms with Gasteiger partial charge in [0, 0.05) is 5.02 Å². The molecule has 1 amide bonds. The number of hydrogen-bond acceptors (Lipinski definition) is 6. The van der Waals surface area contributed by atoms with Gasteiger partial charge in [0.25, 0.3) is 15.9 Å². The van der Waals surface area contributed by atoms with Gasteiger partial charge in [-0.3, -0.25) is 9.10 Å². The van der Waals surface area contributed by atoms with E-state index in [1.807, 2.05) is 19.1 Å². The van der Waals surface area contributed by atoms with Crippen molar-refractivity contribution in [1.82, 2.24) is 5.43 Å². The van der Waals surface area contributed by atoms with Gasteiger partial charge in [-0.05, 0) is 84.8 Å². The van der Waals surface area contributed by atoms with Gasteiger partial charge in [0.1, 0.15) is 24.7 Å². The van der Waals surface area contributed by atoms with Gasteiger partial charge in [0.15, 0.2) is 0 Å². The molecule has 0 aliphatic rings. The number of nitrogens with zero attached hydrogens (tertiary/aromatic N) is 2. The second kappa shape index (κ2) is 13.5. The lowest BCUT2D eigenvalue weighted by Gasteiger charge is -2.24. The molecule has 0 aliphatic carbocycles. The van der Waals surface area contributed by atoms with Crippen molar-refractivity contribution in [2.24, 2.45) is 5.10 Å². The Labute approximate surface area is 249 Å². The lowest BCUT2D eigenvalue weighted by Crippen LogP contribution is -2.39. The third-order valence-electron chi connectivity index (χ3n) is 5.92. The predicted molar refractivity (Wildman–Crippen MR) is 162 cm³/mol. The molecular formula is C30H27Cl2N3O5S. The van der Waals surface area contributed by atoms with Crippen LogP contribution in [0.25, 0.3) is 0 Å². The number of hydrogen-bond donors (Lipinski definition) is 1. The van der Waals surface area contributed by atoms with Crippen molar-refractivity contribution in [3.63, 3.8) is 0 Å². The lowest BCUT2D eigenvalue weighted by atomic mass is 10.2. The topological polar surface area (TPSA) is 97.3 Å². The number of hydrazone groups is 1. The van der Waals surface area contributed by atoms with Crippen LogP contribution in [-0.4, -0.2) is 34.2 Å². The highest BCUT2D eigenvalue weighted by Crippen LogP contribution is 2.32. The molecule has 0 heterocycles. The Hall–Kier alpha value is -4.05. The van der Waals surface area contributed by atoms with Crippen LogP contribution in [-0.2, 0) is 21.4 Å². The molecule has 1 N–H and O–H groups in total. The average molecular weight is 613 g/mol. The molecule has 8 nitrogen and oxygen atoms in total. The zero-order valence-electron chi connectivity index (χ0n) is 22.3. The number of carbonyl (C=O) groups excluding carboxylic acids is 1. The Balaban J connectivity index is 1.43. The number of carbonyl (C=O) groups is 1. The first-order valence-electron chi connectivity index (χ1n) is 12.4. The summed E-state index contributed by atoms with van der Waals surface area (Å²) in [7, 11) is -2.66. The zero-order valence-corrected chi connectivity index (χ0v) is 24.6. The minimum absolute atomic E-state index is 0.0321. The number of halogens is 2. The number of ether oxygens (including phenoxy) is 2. The SMILES string of the molecule is COc1ccc(N(CC(=O)N/N=C\c2ccc(OCc3ccc(Cl)cc3)cc2)S(=O)(=O)c2ccc(C)cc2)cc1Cl. The maximum atomic E-state index is 13.5. The van der Waals surface area contributed by atoms with Crippen molar-refractivity contribution in [3.05, 3.63) is 118 Å². The van der Waals surface area contributed by atoms with Gasteiger partial charge in [0.05, 0.1) is 28.9 Å². The summed E-state index contributed by atoms with van der Waals surface area (Å²) in [5, 5.41) is 4.85. The Morgan fingerprint density at radius 1 is 0.951 bits per heavy atom. The van der Waals surface area contributed by atoms with E-state index in [1.54, 1.807) is 48.5 Å². The first-order valence-corrected chi connectivity index (χ1v) is 14.6. The molecule has 11 heteroatoms. The van der Waals surface area contributed by atoms with Crippen LogP contribution in [0.5, 0.6) is 11.5 Å². The van der Waals surface area contributed by atoms with E-state index in [2.05, 4.69) is 10.5 Å². The van der Waals surface area contributed by atoms with E-state index in [0.717, 1.165) is 15.4 Å². The first kappa shape index (κ1) is 29.9. The highest BCUT2D eigenvalue weighted by atomic mass is 35.5. The molecule has 0 saturated carbocycles. The summed E-state index contributed by atoms with van der Waals surface area (Å²) in [5.41, 5.74) is 5.18. The van der Waals surface area contributed by atoms with Gasteiger partial charge < -0.3 is 9.47 Å². The zero-order chi connectivity index (χ0) is 29.4. The number of nitrogens with one attached hydrogen (secondary N) is 1. The van der Waals surface area contributed by atoms with E-state index >= 15 is 0 Å². The number of benzene rings is 4. The fraction of sp³-hybridized carbons (Fsp3) is 0.133. The maximum Gasteiger partial charge on any atom is 0.264 e. The Morgan fingerprint density at radius 3 is 2.27 bits per heavy atom. The normalized spacial score (nSPS) is 11.3. The molecule has 0 spiro atoms. The third-order valence-corrected chi connectivity index (χ3v) is 8.26. The second-order valence-corrected chi connectivity index (χ2v) is 11.6. The minimum atomic E-state index is -4.11. The van der Waals surface area contributed by atoms with Gasteiger partial charge >= 0.3 is 0 Å². The smallest absolute Gasteiger partial charge is 0.264 e. The second-order valence-electron chi connectivity index (χ2n) is 8.92. The standard InChI is InChI=1S/C30H27Cl2N3O5S/c1-21-3-14-27(15-4-21)41(37,38)35(25-11-16-29(39-2)28(32)17-25)19-30(36)34-33-18-22-7-12-26(13-8-22)40-20-23-5-9-24(31)10-6-23/h3-18H,19-20H2,1-2H3,(H,34,36)/b33-18-. The molecule has 0 atom stereocenters. The highest BCUT2D eigenvalue weighted by molar-refractivity contribution is 7.92. The van der Waals surface area contributed by atoms with Crippen molar-refractivity contribution in [2.75, 3.05) is 18.0 Å². The van der Waals surface area contributed by atoms with E-state index in [4.69, 9.17) is 32.7 Å². The molecule has 41 heavy (non-hydrogen) atoms. The van der Waals surface area contributed by atoms with Crippen LogP contribution in [0.3, 0.4) is 0 Å². The fourth-order valence-electron chi connectivity index (χ4n) is 3.70. The fourth-order valence-corrected chi connectivity index (χ4v) is 5.50. The van der Waals surface area contributed by atoms with E-state index in [1.165, 1.54) is 43.7 Å². The molecule has 4 rings (SSSR count). The summed E-state index contributed by atoms with van der Waals surface area (Å²) < 4.78 is 39.0. The molecule has 0 fully saturated rings. The molecule has 0 bridgehead atoms. The summed E-state index contributed by atoms with van der Waals surface area (Å²) in [6.45, 7) is 1.71. The number of amides is 1. The highest BCUT2D eigenvalue weighted by Gasteiger charge is 2.27. The summed E-state index contributed by atoms with van der Waals surface area (Å²) in [5.74, 6) is 0.390. The maximum absolute atomic E-state index is 13.5. The van der Waals surface area contributed by atoms with Gasteiger partial charge in [-0.25, -0.2) is 13.8 Å². The van der Waals surface area contributed by atoms with Crippen LogP contribution in [0.4, 0.5) is 5.69 Å². The molecular weight excluding hydrogens is 585 g/mol. The molecule has 0 aliphatic heterocycles. The van der Waals surface area contributed by atoms with Crippen molar-refractivity contribution in [3.8, 4) is 11.5 Å². The number of aryl methyl sites for hydroxylation is 1. The van der Waals surface area contributed by atoms with Crippen LogP contribution >= 0.6 is 23.2 Å². The lowest BCUT2D eigenvalue weighted by molar-refractivity contribution is -0.119. The van der Waals surface area contributed by atoms with Crippen molar-refractivity contribution in [2.45, 2.75) is 18.4 Å². The van der Waals surface area contributed by atoms with Crippen LogP contribution in [0.2, 0.25) is 10.0 Å². The van der Waals surface area contributed by atoms with Crippen molar-refractivity contribution in [1.29, 1.82) is 0 Å². The number of rotatable bonds is 11. The van der Waals surface area contributed by atoms with E-state index in [9.17, 15) is 13.2 Å². The number of sulfonamides is 1. The van der Waals surface area contributed by atoms with Gasteiger partial charge in [-0.1, -0.05) is 53.0 Å². The van der Waals surface area contributed by atoms with Crippen LogP contribution in [0.15, 0.2) is 101 Å². The van der Waals surface area contributed by atoms with Gasteiger partial charge in [-0.2, -0.15) is 5.10 Å². The van der Waals surface area contributed by atoms with Crippen LogP contribution in [0, 0.1) is 6.92 Å².